The normalized spacial score (nSPS) is 20.0. The molecule has 0 radical (unpaired) electrons. The van der Waals surface area contributed by atoms with Crippen molar-refractivity contribution in [2.75, 3.05) is 13.1 Å². The standard InChI is InChI=1S/C20H22N4OS2.C2HF3O2/c1-13-5-7-26-19(13)11-22-9-17-18(10-22)24(8-15-12-27-14(2)21-15)20(25)16-4-3-6-23(16)17;3-2(4,5)1(6)7/h3-7,12,17-18H,8-11H2,1-2H3;(H,6,7). The summed E-state index contributed by atoms with van der Waals surface area (Å²) in [5, 5.41) is 12.4. The number of carbonyl (C=O) groups is 2. The number of carboxylic acids is 1. The lowest BCUT2D eigenvalue weighted by Gasteiger charge is -2.38. The molecule has 2 aliphatic heterocycles. The first kappa shape index (κ1) is 24.4. The molecule has 3 aromatic heterocycles. The second-order valence-electron chi connectivity index (χ2n) is 8.25. The zero-order valence-electron chi connectivity index (χ0n) is 18.5. The summed E-state index contributed by atoms with van der Waals surface area (Å²) in [6.07, 6.45) is -3.02. The van der Waals surface area contributed by atoms with Crippen LogP contribution >= 0.6 is 22.7 Å². The van der Waals surface area contributed by atoms with Crippen molar-refractivity contribution in [1.82, 2.24) is 19.4 Å². The van der Waals surface area contributed by atoms with E-state index in [0.717, 1.165) is 36.0 Å². The average Bonchev–Trinajstić information content (AvgIpc) is 3.53. The van der Waals surface area contributed by atoms with Gasteiger partial charge in [0, 0.05) is 36.1 Å². The molecule has 5 rings (SSSR count). The fourth-order valence-electron chi connectivity index (χ4n) is 4.33. The van der Waals surface area contributed by atoms with E-state index in [-0.39, 0.29) is 11.9 Å². The Balaban J connectivity index is 0.000000344. The molecule has 3 aromatic rings. The predicted molar refractivity (Wildman–Crippen MR) is 122 cm³/mol. The summed E-state index contributed by atoms with van der Waals surface area (Å²) in [5.41, 5.74) is 3.16. The molecule has 2 atom stereocenters. The van der Waals surface area contributed by atoms with E-state index in [9.17, 15) is 18.0 Å². The van der Waals surface area contributed by atoms with Crippen molar-refractivity contribution in [3.05, 3.63) is 62.0 Å². The number of hydrogen-bond donors (Lipinski definition) is 1. The summed E-state index contributed by atoms with van der Waals surface area (Å²) >= 11 is 3.47. The van der Waals surface area contributed by atoms with Gasteiger partial charge in [0.1, 0.15) is 5.69 Å². The van der Waals surface area contributed by atoms with Gasteiger partial charge in [-0.15, -0.1) is 22.7 Å². The minimum Gasteiger partial charge on any atom is -0.475 e. The van der Waals surface area contributed by atoms with E-state index in [4.69, 9.17) is 9.90 Å². The van der Waals surface area contributed by atoms with Gasteiger partial charge < -0.3 is 14.6 Å². The number of aromatic nitrogens is 2. The topological polar surface area (TPSA) is 78.7 Å². The van der Waals surface area contributed by atoms with E-state index in [0.29, 0.717) is 12.6 Å². The number of likely N-dealkylation sites (tertiary alicyclic amines) is 1. The highest BCUT2D eigenvalue weighted by Crippen LogP contribution is 2.36. The number of fused-ring (bicyclic) bond motifs is 3. The minimum atomic E-state index is -5.08. The molecule has 34 heavy (non-hydrogen) atoms. The van der Waals surface area contributed by atoms with Gasteiger partial charge >= 0.3 is 12.1 Å². The van der Waals surface area contributed by atoms with Crippen molar-refractivity contribution in [1.29, 1.82) is 0 Å². The number of amides is 1. The zero-order valence-corrected chi connectivity index (χ0v) is 20.1. The Bertz CT molecular complexity index is 1190. The fourth-order valence-corrected chi connectivity index (χ4v) is 5.88. The third-order valence-corrected chi connectivity index (χ3v) is 7.76. The first-order chi connectivity index (χ1) is 16.0. The van der Waals surface area contributed by atoms with Crippen LogP contribution in [0.15, 0.2) is 35.2 Å². The molecule has 7 nitrogen and oxygen atoms in total. The highest BCUT2D eigenvalue weighted by molar-refractivity contribution is 7.10. The maximum absolute atomic E-state index is 13.2. The molecule has 5 heterocycles. The summed E-state index contributed by atoms with van der Waals surface area (Å²) in [4.78, 5) is 32.6. The van der Waals surface area contributed by atoms with Gasteiger partial charge in [-0.25, -0.2) is 9.78 Å². The molecule has 1 amide bonds. The highest BCUT2D eigenvalue weighted by atomic mass is 32.1. The van der Waals surface area contributed by atoms with Crippen LogP contribution in [-0.4, -0.2) is 61.6 Å². The van der Waals surface area contributed by atoms with E-state index in [1.165, 1.54) is 10.4 Å². The van der Waals surface area contributed by atoms with Gasteiger partial charge in [0.15, 0.2) is 0 Å². The lowest BCUT2D eigenvalue weighted by Crippen LogP contribution is -2.49. The number of nitrogens with zero attached hydrogens (tertiary/aromatic N) is 4. The molecule has 2 aliphatic rings. The molecule has 0 bridgehead atoms. The van der Waals surface area contributed by atoms with Crippen molar-refractivity contribution >= 4 is 34.6 Å². The highest BCUT2D eigenvalue weighted by Gasteiger charge is 2.45. The van der Waals surface area contributed by atoms with Crippen LogP contribution in [0.4, 0.5) is 13.2 Å². The molecule has 1 saturated heterocycles. The van der Waals surface area contributed by atoms with Gasteiger partial charge in [0.05, 0.1) is 29.3 Å². The molecule has 182 valence electrons. The van der Waals surface area contributed by atoms with E-state index in [1.807, 2.05) is 30.4 Å². The van der Waals surface area contributed by atoms with Crippen molar-refractivity contribution < 1.29 is 27.9 Å². The number of carboxylic acid groups (broad SMARTS) is 1. The molecule has 1 fully saturated rings. The molecule has 0 spiro atoms. The molecule has 0 aliphatic carbocycles. The van der Waals surface area contributed by atoms with Gasteiger partial charge in [-0.2, -0.15) is 13.2 Å². The summed E-state index contributed by atoms with van der Waals surface area (Å²) < 4.78 is 33.9. The summed E-state index contributed by atoms with van der Waals surface area (Å²) in [7, 11) is 0. The Kier molecular flexibility index (Phi) is 6.83. The number of thiazole rings is 1. The van der Waals surface area contributed by atoms with E-state index < -0.39 is 12.1 Å². The average molecular weight is 513 g/mol. The van der Waals surface area contributed by atoms with Crippen LogP contribution in [0.3, 0.4) is 0 Å². The molecule has 1 N–H and O–H groups in total. The molecule has 2 unspecified atom stereocenters. The van der Waals surface area contributed by atoms with Gasteiger partial charge in [-0.3, -0.25) is 9.69 Å². The van der Waals surface area contributed by atoms with Crippen LogP contribution in [0.25, 0.3) is 0 Å². The molecular weight excluding hydrogens is 489 g/mol. The number of thiophene rings is 1. The number of aliphatic carboxylic acids is 1. The first-order valence-electron chi connectivity index (χ1n) is 10.5. The van der Waals surface area contributed by atoms with Crippen LogP contribution in [0.2, 0.25) is 0 Å². The second-order valence-corrected chi connectivity index (χ2v) is 10.3. The Morgan fingerprint density at radius 1 is 1.18 bits per heavy atom. The lowest BCUT2D eigenvalue weighted by molar-refractivity contribution is -0.192. The number of alkyl halides is 3. The third-order valence-electron chi connectivity index (χ3n) is 5.93. The van der Waals surface area contributed by atoms with Gasteiger partial charge in [0.25, 0.3) is 5.91 Å². The Morgan fingerprint density at radius 3 is 2.47 bits per heavy atom. The molecule has 12 heteroatoms. The van der Waals surface area contributed by atoms with Gasteiger partial charge in [0.2, 0.25) is 0 Å². The number of rotatable bonds is 4. The zero-order chi connectivity index (χ0) is 24.6. The molecule has 0 saturated carbocycles. The number of halogens is 3. The van der Waals surface area contributed by atoms with E-state index in [2.05, 4.69) is 49.3 Å². The molecular formula is C22H23F3N4O3S2. The maximum atomic E-state index is 13.2. The second kappa shape index (κ2) is 9.51. The Labute approximate surface area is 202 Å². The lowest BCUT2D eigenvalue weighted by atomic mass is 10.1. The monoisotopic (exact) mass is 512 g/mol. The summed E-state index contributed by atoms with van der Waals surface area (Å²) in [5.74, 6) is -2.63. The summed E-state index contributed by atoms with van der Waals surface area (Å²) in [6, 6.07) is 6.64. The minimum absolute atomic E-state index is 0.126. The predicted octanol–water partition coefficient (Wildman–Crippen LogP) is 4.34. The number of aryl methyl sites for hydroxylation is 2. The van der Waals surface area contributed by atoms with Crippen LogP contribution < -0.4 is 0 Å². The largest absolute Gasteiger partial charge is 0.490 e. The van der Waals surface area contributed by atoms with Gasteiger partial charge in [-0.05, 0) is 43.0 Å². The van der Waals surface area contributed by atoms with E-state index in [1.54, 1.807) is 11.3 Å². The van der Waals surface area contributed by atoms with Crippen LogP contribution in [-0.2, 0) is 17.9 Å². The van der Waals surface area contributed by atoms with E-state index >= 15 is 0 Å². The quantitative estimate of drug-likeness (QED) is 0.563. The van der Waals surface area contributed by atoms with Crippen LogP contribution in [0, 0.1) is 13.8 Å². The number of hydrogen-bond acceptors (Lipinski definition) is 6. The van der Waals surface area contributed by atoms with Crippen molar-refractivity contribution in [2.24, 2.45) is 0 Å². The first-order valence-corrected chi connectivity index (χ1v) is 12.2. The smallest absolute Gasteiger partial charge is 0.475 e. The Hall–Kier alpha value is -2.70. The van der Waals surface area contributed by atoms with Crippen molar-refractivity contribution in [3.63, 3.8) is 0 Å². The SMILES string of the molecule is Cc1nc(CN2C(=O)c3cccn3C3CN(Cc4sccc4C)CC32)cs1.O=C(O)C(F)(F)F. The van der Waals surface area contributed by atoms with Crippen LogP contribution in [0.1, 0.15) is 37.7 Å². The van der Waals surface area contributed by atoms with Crippen molar-refractivity contribution in [3.8, 4) is 0 Å². The Morgan fingerprint density at radius 2 is 1.88 bits per heavy atom. The van der Waals surface area contributed by atoms with Gasteiger partial charge in [-0.1, -0.05) is 0 Å². The maximum Gasteiger partial charge on any atom is 0.490 e. The summed E-state index contributed by atoms with van der Waals surface area (Å²) in [6.45, 7) is 7.64. The molecule has 0 aromatic carbocycles. The third kappa shape index (κ3) is 5.03. The number of carbonyl (C=O) groups excluding carboxylic acids is 1. The van der Waals surface area contributed by atoms with Crippen molar-refractivity contribution in [2.45, 2.75) is 45.2 Å². The fraction of sp³-hybridized carbons (Fsp3) is 0.409. The van der Waals surface area contributed by atoms with Crippen LogP contribution in [0.5, 0.6) is 0 Å².